The van der Waals surface area contributed by atoms with E-state index in [4.69, 9.17) is 42.7 Å². The number of H-pyrrole nitrogens is 2. The number of anilines is 4. The molecule has 0 aliphatic rings. The number of methoxy groups -OCH3 is 3. The van der Waals surface area contributed by atoms with Crippen LogP contribution < -0.4 is 33.6 Å². The van der Waals surface area contributed by atoms with Crippen molar-refractivity contribution in [1.29, 1.82) is 0 Å². The standard InChI is InChI=1S/C8H10N2O.2C8H8N2.C6H8N2.C4H9NO.3C3H6O2.C2H7N.2C2H4O2/c1-6(11)10-8-5-3-2-4-7(8)9;2*1-6-9-7-4-2-3-5-8(7)10-6;7-5-3-1-2-4-6(5)8;1-3-5-4(2)6;3*1-3(4)5-2;1-2-3;2*1-2(3)4/h2-5H,9H2,1H3,(H,10,11);2*2-5H,1H3,(H,9,10);1-4H,7-8H2;3H2,1-2H3,(H,5,6);3*1-2H3;2-3H2,1H3;2*1H3,(H,3,4). The van der Waals surface area contributed by atoms with E-state index in [1.807, 2.05) is 100 Å². The maximum Gasteiger partial charge on any atom is 0.302 e. The number of nitrogens with zero attached hydrogens (tertiary/aromatic N) is 2. The van der Waals surface area contributed by atoms with Crippen molar-refractivity contribution >= 4 is 86.5 Å². The number of aromatic nitrogens is 4. The average Bonchev–Trinajstić information content (AvgIpc) is 3.87. The molecular formula is C49H76N10O12. The Morgan fingerprint density at radius 3 is 1.00 bits per heavy atom. The summed E-state index contributed by atoms with van der Waals surface area (Å²) in [6.07, 6.45) is 0. The van der Waals surface area contributed by atoms with E-state index < -0.39 is 11.9 Å². The number of carbonyl (C=O) groups excluding carboxylic acids is 5. The molecule has 6 aromatic rings. The van der Waals surface area contributed by atoms with Gasteiger partial charge in [0.05, 0.1) is 66.1 Å². The second-order valence-corrected chi connectivity index (χ2v) is 13.2. The number of carboxylic acids is 2. The number of nitrogens with one attached hydrogen (secondary N) is 4. The van der Waals surface area contributed by atoms with Crippen molar-refractivity contribution in [1.82, 2.24) is 25.3 Å². The van der Waals surface area contributed by atoms with E-state index in [2.05, 4.69) is 44.8 Å². The largest absolute Gasteiger partial charge is 0.481 e. The Labute approximate surface area is 416 Å². The molecule has 2 amide bonds. The van der Waals surface area contributed by atoms with E-state index in [-0.39, 0.29) is 29.7 Å². The molecule has 0 atom stereocenters. The molecule has 6 rings (SSSR count). The molecular weight excluding hydrogens is 921 g/mol. The minimum atomic E-state index is -0.833. The fourth-order valence-corrected chi connectivity index (χ4v) is 3.72. The second-order valence-electron chi connectivity index (χ2n) is 13.2. The van der Waals surface area contributed by atoms with Crippen molar-refractivity contribution in [3.8, 4) is 0 Å². The number of para-hydroxylation sites is 8. The Kier molecular flexibility index (Phi) is 46.9. The first kappa shape index (κ1) is 71.5. The van der Waals surface area contributed by atoms with Gasteiger partial charge in [0.2, 0.25) is 11.8 Å². The van der Waals surface area contributed by atoms with Crippen molar-refractivity contribution < 1.29 is 58.0 Å². The third-order valence-electron chi connectivity index (χ3n) is 6.57. The zero-order valence-electron chi connectivity index (χ0n) is 43.3. The molecule has 0 aliphatic carbocycles. The molecule has 22 heteroatoms. The van der Waals surface area contributed by atoms with E-state index >= 15 is 0 Å². The van der Waals surface area contributed by atoms with Gasteiger partial charge in [0, 0.05) is 55.0 Å². The first-order valence-electron chi connectivity index (χ1n) is 21.2. The normalized spacial score (nSPS) is 8.44. The summed E-state index contributed by atoms with van der Waals surface area (Å²) in [5.41, 5.74) is 28.0. The first-order chi connectivity index (χ1) is 33.2. The van der Waals surface area contributed by atoms with Crippen molar-refractivity contribution in [2.24, 2.45) is 5.73 Å². The number of carbonyl (C=O) groups is 7. The van der Waals surface area contributed by atoms with E-state index in [1.54, 1.807) is 24.3 Å². The molecule has 0 aliphatic heterocycles. The van der Waals surface area contributed by atoms with Crippen LogP contribution in [0.4, 0.5) is 22.7 Å². The summed E-state index contributed by atoms with van der Waals surface area (Å²) >= 11 is 0. The van der Waals surface area contributed by atoms with Crippen molar-refractivity contribution in [2.75, 3.05) is 56.9 Å². The number of nitrogen functional groups attached to an aromatic ring is 3. The molecule has 2 aromatic heterocycles. The third-order valence-corrected chi connectivity index (χ3v) is 6.57. The van der Waals surface area contributed by atoms with Gasteiger partial charge in [-0.15, -0.1) is 0 Å². The summed E-state index contributed by atoms with van der Waals surface area (Å²) in [5, 5.41) is 20.0. The molecule has 0 bridgehead atoms. The SMILES string of the molecule is CC(=O)Nc1ccccc1N.CC(=O)O.CC(=O)O.CCN.CCNC(C)=O.COC(C)=O.COC(C)=O.COC(C)=O.Cc1nc2ccccc2[nH]1.Cc1nc2ccccc2[nH]1.Nc1ccccc1N. The molecule has 4 aromatic carbocycles. The number of carboxylic acid groups (broad SMARTS) is 2. The highest BCUT2D eigenvalue weighted by Gasteiger charge is 1.98. The highest BCUT2D eigenvalue weighted by Crippen LogP contribution is 2.16. The molecule has 2 heterocycles. The quantitative estimate of drug-likeness (QED) is 0.0493. The number of hydrogen-bond acceptors (Lipinski definition) is 16. The van der Waals surface area contributed by atoms with Gasteiger partial charge in [0.15, 0.2) is 0 Å². The van der Waals surface area contributed by atoms with Crippen LogP contribution in [0, 0.1) is 13.8 Å². The number of imidazole rings is 2. The lowest BCUT2D eigenvalue weighted by atomic mass is 10.3. The van der Waals surface area contributed by atoms with Gasteiger partial charge in [-0.2, -0.15) is 0 Å². The number of ether oxygens (including phenoxy) is 3. The van der Waals surface area contributed by atoms with Crippen molar-refractivity contribution in [3.05, 3.63) is 109 Å². The van der Waals surface area contributed by atoms with E-state index in [1.165, 1.54) is 55.9 Å². The monoisotopic (exact) mass is 997 g/mol. The summed E-state index contributed by atoms with van der Waals surface area (Å²) in [5.74, 6) is -0.525. The zero-order chi connectivity index (χ0) is 55.9. The predicted molar refractivity (Wildman–Crippen MR) is 281 cm³/mol. The third kappa shape index (κ3) is 52.3. The number of aliphatic carboxylic acids is 2. The maximum absolute atomic E-state index is 10.6. The Bertz CT molecular complexity index is 2170. The van der Waals surface area contributed by atoms with Crippen LogP contribution in [-0.2, 0) is 47.8 Å². The number of benzene rings is 4. The summed E-state index contributed by atoms with van der Waals surface area (Å²) in [6.45, 7) is 18.4. The molecule has 71 heavy (non-hydrogen) atoms. The molecule has 22 nitrogen and oxygen atoms in total. The summed E-state index contributed by atoms with van der Waals surface area (Å²) < 4.78 is 12.3. The zero-order valence-corrected chi connectivity index (χ0v) is 43.3. The van der Waals surface area contributed by atoms with Gasteiger partial charge < -0.3 is 68.0 Å². The Hall–Kier alpha value is -8.53. The number of rotatable bonds is 2. The number of esters is 3. The molecule has 0 saturated carbocycles. The fourth-order valence-electron chi connectivity index (χ4n) is 3.72. The number of amides is 2. The Morgan fingerprint density at radius 2 is 0.789 bits per heavy atom. The number of aryl methyl sites for hydroxylation is 2. The van der Waals surface area contributed by atoms with Crippen LogP contribution in [0.2, 0.25) is 0 Å². The molecule has 0 radical (unpaired) electrons. The van der Waals surface area contributed by atoms with Crippen LogP contribution in [0.15, 0.2) is 97.1 Å². The highest BCUT2D eigenvalue weighted by molar-refractivity contribution is 5.92. The van der Waals surface area contributed by atoms with Crippen molar-refractivity contribution in [3.63, 3.8) is 0 Å². The lowest BCUT2D eigenvalue weighted by Gasteiger charge is -2.03. The van der Waals surface area contributed by atoms with Gasteiger partial charge in [-0.05, 0) is 75.8 Å². The van der Waals surface area contributed by atoms with Gasteiger partial charge in [0.25, 0.3) is 11.9 Å². The topological polar surface area (TPSA) is 373 Å². The molecule has 0 saturated heterocycles. The summed E-state index contributed by atoms with van der Waals surface area (Å²) in [4.78, 5) is 82.1. The molecule has 14 N–H and O–H groups in total. The van der Waals surface area contributed by atoms with Gasteiger partial charge >= 0.3 is 17.9 Å². The highest BCUT2D eigenvalue weighted by atomic mass is 16.5. The molecule has 0 spiro atoms. The maximum atomic E-state index is 10.6. The van der Waals surface area contributed by atoms with Gasteiger partial charge in [0.1, 0.15) is 11.6 Å². The van der Waals surface area contributed by atoms with Gasteiger partial charge in [-0.25, -0.2) is 9.97 Å². The van der Waals surface area contributed by atoms with Gasteiger partial charge in [-0.3, -0.25) is 33.6 Å². The van der Waals surface area contributed by atoms with Crippen LogP contribution in [0.1, 0.15) is 74.0 Å². The summed E-state index contributed by atoms with van der Waals surface area (Å²) in [6, 6.07) is 30.4. The average molecular weight is 997 g/mol. The predicted octanol–water partition coefficient (Wildman–Crippen LogP) is 6.65. The molecule has 394 valence electrons. The number of aromatic amines is 2. The van der Waals surface area contributed by atoms with Crippen LogP contribution in [0.3, 0.4) is 0 Å². The van der Waals surface area contributed by atoms with Crippen LogP contribution >= 0.6 is 0 Å². The Morgan fingerprint density at radius 1 is 0.521 bits per heavy atom. The van der Waals surface area contributed by atoms with Gasteiger partial charge in [-0.1, -0.05) is 55.5 Å². The Balaban J connectivity index is -0.000000231. The molecule has 0 fully saturated rings. The summed E-state index contributed by atoms with van der Waals surface area (Å²) in [7, 11) is 4.05. The molecule has 0 unspecified atom stereocenters. The second kappa shape index (κ2) is 46.6. The lowest BCUT2D eigenvalue weighted by molar-refractivity contribution is -0.138. The number of fused-ring (bicyclic) bond motifs is 2. The fraction of sp³-hybridized carbons (Fsp3) is 0.327. The van der Waals surface area contributed by atoms with Crippen molar-refractivity contribution in [2.45, 2.75) is 76.2 Å². The first-order valence-corrected chi connectivity index (χ1v) is 21.2. The number of nitrogens with two attached hydrogens (primary N) is 4. The van der Waals surface area contributed by atoms with E-state index in [0.29, 0.717) is 22.7 Å². The van der Waals surface area contributed by atoms with Crippen LogP contribution in [0.25, 0.3) is 22.1 Å². The van der Waals surface area contributed by atoms with Crippen LogP contribution in [-0.4, -0.2) is 106 Å². The van der Waals surface area contributed by atoms with Crippen LogP contribution in [0.5, 0.6) is 0 Å². The minimum absolute atomic E-state index is 0.0394. The smallest absolute Gasteiger partial charge is 0.302 e. The number of hydrogen-bond donors (Lipinski definition) is 10. The van der Waals surface area contributed by atoms with E-state index in [9.17, 15) is 24.0 Å². The lowest BCUT2D eigenvalue weighted by Crippen LogP contribution is -2.18. The minimum Gasteiger partial charge on any atom is -0.481 e. The van der Waals surface area contributed by atoms with E-state index in [0.717, 1.165) is 60.7 Å².